The Morgan fingerprint density at radius 1 is 1.09 bits per heavy atom. The molecule has 0 saturated carbocycles. The van der Waals surface area contributed by atoms with Gasteiger partial charge in [-0.05, 0) is 17.2 Å². The first-order valence-corrected chi connectivity index (χ1v) is 7.34. The molecule has 0 spiro atoms. The maximum atomic E-state index is 11.3. The summed E-state index contributed by atoms with van der Waals surface area (Å²) in [5.74, 6) is 0.0667. The summed E-state index contributed by atoms with van der Waals surface area (Å²) in [4.78, 5) is 11.3. The van der Waals surface area contributed by atoms with Crippen LogP contribution in [0.2, 0.25) is 0 Å². The molecule has 2 rings (SSSR count). The van der Waals surface area contributed by atoms with E-state index in [9.17, 15) is 4.79 Å². The predicted molar refractivity (Wildman–Crippen MR) is 85.7 cm³/mol. The second-order valence-electron chi connectivity index (χ2n) is 4.90. The van der Waals surface area contributed by atoms with Crippen molar-refractivity contribution in [2.24, 2.45) is 5.73 Å². The van der Waals surface area contributed by atoms with Crippen LogP contribution in [0.4, 0.5) is 0 Å². The molecular formula is C17H18ClNO3. The van der Waals surface area contributed by atoms with Gasteiger partial charge in [0.15, 0.2) is 0 Å². The molecule has 0 radical (unpaired) electrons. The SMILES string of the molecule is N[C@H](Cc1ccccc1OCCc1ccccc1)C(=O)OCl. The lowest BCUT2D eigenvalue weighted by Crippen LogP contribution is -2.32. The van der Waals surface area contributed by atoms with Crippen LogP contribution in [0.5, 0.6) is 5.75 Å². The average molecular weight is 320 g/mol. The first-order valence-electron chi connectivity index (χ1n) is 7.03. The lowest BCUT2D eigenvalue weighted by Gasteiger charge is -2.13. The molecule has 0 unspecified atom stereocenters. The number of rotatable bonds is 7. The molecule has 0 aliphatic carbocycles. The Hall–Kier alpha value is -2.04. The fourth-order valence-electron chi connectivity index (χ4n) is 2.11. The molecule has 0 bridgehead atoms. The Balaban J connectivity index is 1.95. The summed E-state index contributed by atoms with van der Waals surface area (Å²) >= 11 is 5.04. The zero-order chi connectivity index (χ0) is 15.8. The highest BCUT2D eigenvalue weighted by molar-refractivity contribution is 6.13. The van der Waals surface area contributed by atoms with Crippen molar-refractivity contribution in [2.45, 2.75) is 18.9 Å². The molecule has 0 aliphatic rings. The van der Waals surface area contributed by atoms with Gasteiger partial charge in [0, 0.05) is 12.8 Å². The quantitative estimate of drug-likeness (QED) is 0.852. The van der Waals surface area contributed by atoms with Gasteiger partial charge in [-0.25, -0.2) is 4.79 Å². The van der Waals surface area contributed by atoms with E-state index in [2.05, 4.69) is 16.4 Å². The van der Waals surface area contributed by atoms with Gasteiger partial charge in [0.1, 0.15) is 23.7 Å². The van der Waals surface area contributed by atoms with Gasteiger partial charge in [0.25, 0.3) is 0 Å². The van der Waals surface area contributed by atoms with E-state index in [0.29, 0.717) is 13.0 Å². The molecule has 0 aromatic heterocycles. The largest absolute Gasteiger partial charge is 0.493 e. The Morgan fingerprint density at radius 2 is 1.77 bits per heavy atom. The van der Waals surface area contributed by atoms with E-state index in [0.717, 1.165) is 17.7 Å². The lowest BCUT2D eigenvalue weighted by atomic mass is 10.1. The lowest BCUT2D eigenvalue weighted by molar-refractivity contribution is -0.135. The minimum absolute atomic E-state index is 0.313. The first kappa shape index (κ1) is 16.3. The maximum absolute atomic E-state index is 11.3. The molecule has 0 saturated heterocycles. The number of ether oxygens (including phenoxy) is 1. The van der Waals surface area contributed by atoms with Crippen molar-refractivity contribution in [1.29, 1.82) is 0 Å². The minimum Gasteiger partial charge on any atom is -0.493 e. The van der Waals surface area contributed by atoms with Crippen molar-refractivity contribution in [3.05, 3.63) is 65.7 Å². The van der Waals surface area contributed by atoms with Gasteiger partial charge in [-0.15, -0.1) is 0 Å². The summed E-state index contributed by atoms with van der Waals surface area (Å²) in [6, 6.07) is 16.8. The maximum Gasteiger partial charge on any atom is 0.341 e. The van der Waals surface area contributed by atoms with Crippen LogP contribution in [0, 0.1) is 0 Å². The Labute approximate surface area is 135 Å². The fourth-order valence-corrected chi connectivity index (χ4v) is 2.23. The van der Waals surface area contributed by atoms with Gasteiger partial charge in [-0.1, -0.05) is 48.5 Å². The van der Waals surface area contributed by atoms with Crippen molar-refractivity contribution < 1.29 is 13.8 Å². The van der Waals surface area contributed by atoms with E-state index < -0.39 is 12.0 Å². The number of halogens is 1. The first-order chi connectivity index (χ1) is 10.7. The standard InChI is InChI=1S/C17H18ClNO3/c18-22-17(20)15(19)12-14-8-4-5-9-16(14)21-11-10-13-6-2-1-3-7-13/h1-9,15H,10-12,19H2/t15-/m1/s1. The van der Waals surface area contributed by atoms with Gasteiger partial charge in [-0.2, -0.15) is 0 Å². The summed E-state index contributed by atoms with van der Waals surface area (Å²) in [5.41, 5.74) is 7.80. The molecule has 0 amide bonds. The van der Waals surface area contributed by atoms with Crippen LogP contribution in [0.25, 0.3) is 0 Å². The monoisotopic (exact) mass is 319 g/mol. The van der Waals surface area contributed by atoms with Gasteiger partial charge >= 0.3 is 5.97 Å². The van der Waals surface area contributed by atoms with Crippen LogP contribution in [0.3, 0.4) is 0 Å². The molecule has 22 heavy (non-hydrogen) atoms. The number of carbonyl (C=O) groups is 1. The smallest absolute Gasteiger partial charge is 0.341 e. The third-order valence-corrected chi connectivity index (χ3v) is 3.43. The normalized spacial score (nSPS) is 11.7. The number of para-hydroxylation sites is 1. The van der Waals surface area contributed by atoms with Crippen LogP contribution in [-0.2, 0) is 21.9 Å². The highest BCUT2D eigenvalue weighted by Gasteiger charge is 2.17. The van der Waals surface area contributed by atoms with Crippen LogP contribution in [0.15, 0.2) is 54.6 Å². The van der Waals surface area contributed by atoms with Crippen LogP contribution in [0.1, 0.15) is 11.1 Å². The van der Waals surface area contributed by atoms with Crippen molar-refractivity contribution in [3.8, 4) is 5.75 Å². The van der Waals surface area contributed by atoms with Crippen LogP contribution in [-0.4, -0.2) is 18.6 Å². The minimum atomic E-state index is -0.809. The Kier molecular flexibility index (Phi) is 6.25. The molecule has 2 N–H and O–H groups in total. The molecule has 1 atom stereocenters. The van der Waals surface area contributed by atoms with E-state index in [1.54, 1.807) is 0 Å². The Bertz CT molecular complexity index is 604. The molecule has 2 aromatic carbocycles. The van der Waals surface area contributed by atoms with Gasteiger partial charge in [-0.3, -0.25) is 0 Å². The second kappa shape index (κ2) is 8.41. The van der Waals surface area contributed by atoms with E-state index >= 15 is 0 Å². The highest BCUT2D eigenvalue weighted by Crippen LogP contribution is 2.20. The number of hydrogen-bond acceptors (Lipinski definition) is 4. The molecular weight excluding hydrogens is 302 g/mol. The third-order valence-electron chi connectivity index (χ3n) is 3.28. The number of carbonyl (C=O) groups excluding carboxylic acids is 1. The molecule has 2 aromatic rings. The van der Waals surface area contributed by atoms with Crippen LogP contribution < -0.4 is 10.5 Å². The molecule has 4 nitrogen and oxygen atoms in total. The number of benzene rings is 2. The van der Waals surface area contributed by atoms with Gasteiger partial charge < -0.3 is 14.8 Å². The van der Waals surface area contributed by atoms with Crippen molar-refractivity contribution in [2.75, 3.05) is 6.61 Å². The molecule has 0 aliphatic heterocycles. The zero-order valence-electron chi connectivity index (χ0n) is 12.1. The number of nitrogens with two attached hydrogens (primary N) is 1. The van der Waals surface area contributed by atoms with E-state index in [4.69, 9.17) is 22.3 Å². The zero-order valence-corrected chi connectivity index (χ0v) is 12.8. The predicted octanol–water partition coefficient (Wildman–Crippen LogP) is 2.87. The van der Waals surface area contributed by atoms with Gasteiger partial charge in [0.2, 0.25) is 0 Å². The summed E-state index contributed by atoms with van der Waals surface area (Å²) in [6.45, 7) is 0.552. The second-order valence-corrected chi connectivity index (χ2v) is 5.05. The molecule has 0 fully saturated rings. The topological polar surface area (TPSA) is 61.5 Å². The highest BCUT2D eigenvalue weighted by atomic mass is 35.5. The summed E-state index contributed by atoms with van der Waals surface area (Å²) < 4.78 is 9.95. The summed E-state index contributed by atoms with van der Waals surface area (Å²) in [5, 5.41) is 0. The Morgan fingerprint density at radius 3 is 2.50 bits per heavy atom. The van der Waals surface area contributed by atoms with Crippen LogP contribution >= 0.6 is 11.9 Å². The molecule has 5 heteroatoms. The molecule has 116 valence electrons. The van der Waals surface area contributed by atoms with Crippen molar-refractivity contribution in [1.82, 2.24) is 0 Å². The van der Waals surface area contributed by atoms with E-state index in [-0.39, 0.29) is 0 Å². The summed E-state index contributed by atoms with van der Waals surface area (Å²) in [6.07, 6.45) is 1.12. The third kappa shape index (κ3) is 4.76. The van der Waals surface area contributed by atoms with E-state index in [1.165, 1.54) is 5.56 Å². The van der Waals surface area contributed by atoms with Crippen molar-refractivity contribution in [3.63, 3.8) is 0 Å². The molecule has 0 heterocycles. The van der Waals surface area contributed by atoms with E-state index in [1.807, 2.05) is 42.5 Å². The summed E-state index contributed by atoms with van der Waals surface area (Å²) in [7, 11) is 0. The average Bonchev–Trinajstić information content (AvgIpc) is 2.56. The number of hydrogen-bond donors (Lipinski definition) is 1. The van der Waals surface area contributed by atoms with Crippen molar-refractivity contribution >= 4 is 17.8 Å². The fraction of sp³-hybridized carbons (Fsp3) is 0.235. The van der Waals surface area contributed by atoms with Gasteiger partial charge in [0.05, 0.1) is 6.61 Å².